The number of rotatable bonds is 8. The molecule has 1 aromatic rings. The second kappa shape index (κ2) is 7.17. The Morgan fingerprint density at radius 3 is 2.91 bits per heavy atom. The van der Waals surface area contributed by atoms with Crippen LogP contribution in [-0.4, -0.2) is 22.5 Å². The highest BCUT2D eigenvalue weighted by molar-refractivity contribution is 7.14. The predicted octanol–water partition coefficient (Wildman–Crippen LogP) is 1.94. The summed E-state index contributed by atoms with van der Waals surface area (Å²) < 4.78 is 5.41. The number of aromatic nitrogens is 2. The zero-order valence-corrected chi connectivity index (χ0v) is 14.0. The highest BCUT2D eigenvalue weighted by Crippen LogP contribution is 2.35. The molecule has 0 amide bonds. The first-order valence-corrected chi connectivity index (χ1v) is 8.65. The minimum atomic E-state index is -1.02. The van der Waals surface area contributed by atoms with Crippen molar-refractivity contribution >= 4 is 28.2 Å². The number of hydrogen-bond acceptors (Lipinski definition) is 6. The molecule has 3 N–H and O–H groups in total. The Morgan fingerprint density at radius 2 is 2.27 bits per heavy atom. The van der Waals surface area contributed by atoms with Crippen LogP contribution in [0.3, 0.4) is 0 Å². The third-order valence-electron chi connectivity index (χ3n) is 4.12. The Morgan fingerprint density at radius 1 is 1.50 bits per heavy atom. The van der Waals surface area contributed by atoms with Crippen LogP contribution in [0, 0.1) is 5.92 Å². The van der Waals surface area contributed by atoms with Crippen LogP contribution in [-0.2, 0) is 20.7 Å². The number of nitrogens with one attached hydrogen (secondary N) is 1. The van der Waals surface area contributed by atoms with E-state index < -0.39 is 5.60 Å². The summed E-state index contributed by atoms with van der Waals surface area (Å²) in [5.74, 6) is -0.504. The van der Waals surface area contributed by atoms with Gasteiger partial charge in [-0.3, -0.25) is 15.3 Å². The number of nitrogens with zero attached hydrogens (tertiary/aromatic N) is 1. The standard InChI is InChI=1S/C15H23N3O3S/c1-3-4-5-6-7-10-9-15(2,21-13(10)20)11(19)8-12-17-18-14(16)22-12/h10H,3-9H2,1-2H3,(H2,16,18)/p+1. The Labute approximate surface area is 134 Å². The maximum atomic E-state index is 12.4. The average molecular weight is 326 g/mol. The van der Waals surface area contributed by atoms with E-state index in [4.69, 9.17) is 10.5 Å². The number of Topliss-reactive ketones (excluding diaryl/α,β-unsaturated/α-hetero) is 1. The summed E-state index contributed by atoms with van der Waals surface area (Å²) >= 11 is 1.24. The van der Waals surface area contributed by atoms with Crippen molar-refractivity contribution in [1.29, 1.82) is 0 Å². The average Bonchev–Trinajstić information content (AvgIpc) is 2.99. The van der Waals surface area contributed by atoms with Gasteiger partial charge in [0.05, 0.1) is 12.3 Å². The highest BCUT2D eigenvalue weighted by atomic mass is 32.1. The largest absolute Gasteiger partial charge is 0.451 e. The van der Waals surface area contributed by atoms with Crippen molar-refractivity contribution < 1.29 is 19.4 Å². The summed E-state index contributed by atoms with van der Waals surface area (Å²) in [5.41, 5.74) is 4.55. The van der Waals surface area contributed by atoms with Crippen LogP contribution in [0.4, 0.5) is 5.13 Å². The summed E-state index contributed by atoms with van der Waals surface area (Å²) in [7, 11) is 0. The lowest BCUT2D eigenvalue weighted by molar-refractivity contribution is -0.432. The van der Waals surface area contributed by atoms with Crippen molar-refractivity contribution in [1.82, 2.24) is 5.10 Å². The van der Waals surface area contributed by atoms with Gasteiger partial charge in [0.2, 0.25) is 0 Å². The number of carbonyl (C=O) groups is 2. The number of ketones is 1. The fourth-order valence-corrected chi connectivity index (χ4v) is 3.44. The predicted molar refractivity (Wildman–Crippen MR) is 83.2 cm³/mol. The molecule has 0 saturated carbocycles. The van der Waals surface area contributed by atoms with Crippen LogP contribution < -0.4 is 10.8 Å². The number of unbranched alkanes of at least 4 members (excludes halogenated alkanes) is 3. The first-order chi connectivity index (χ1) is 10.4. The van der Waals surface area contributed by atoms with Crippen LogP contribution >= 0.6 is 11.3 Å². The van der Waals surface area contributed by atoms with E-state index in [0.717, 1.165) is 19.3 Å². The number of nitrogens with two attached hydrogens (primary N) is 1. The van der Waals surface area contributed by atoms with E-state index in [1.54, 1.807) is 6.92 Å². The molecule has 2 rings (SSSR count). The topological polar surface area (TPSA) is 96.4 Å². The van der Waals surface area contributed by atoms with E-state index in [0.29, 0.717) is 16.6 Å². The van der Waals surface area contributed by atoms with Gasteiger partial charge in [-0.1, -0.05) is 37.7 Å². The molecule has 1 aromatic heterocycles. The van der Waals surface area contributed by atoms with Crippen molar-refractivity contribution in [3.05, 3.63) is 5.01 Å². The molecule has 122 valence electrons. The van der Waals surface area contributed by atoms with E-state index in [9.17, 15) is 9.59 Å². The fraction of sp³-hybridized carbons (Fsp3) is 0.733. The number of anilines is 1. The van der Waals surface area contributed by atoms with Gasteiger partial charge < -0.3 is 4.74 Å². The molecular formula is C15H24N3O3S+. The molecule has 2 unspecified atom stereocenters. The molecule has 22 heavy (non-hydrogen) atoms. The Bertz CT molecular complexity index is 546. The van der Waals surface area contributed by atoms with E-state index in [1.807, 2.05) is 0 Å². The van der Waals surface area contributed by atoms with Gasteiger partial charge >= 0.3 is 11.1 Å². The fourth-order valence-electron chi connectivity index (χ4n) is 2.80. The van der Waals surface area contributed by atoms with Gasteiger partial charge in [0.15, 0.2) is 16.4 Å². The minimum absolute atomic E-state index is 0.111. The number of hydrogen-bond donors (Lipinski definition) is 1. The van der Waals surface area contributed by atoms with Gasteiger partial charge in [0.25, 0.3) is 0 Å². The smallest absolute Gasteiger partial charge is 0.351 e. The third-order valence-corrected chi connectivity index (χ3v) is 4.90. The van der Waals surface area contributed by atoms with Crippen LogP contribution in [0.2, 0.25) is 0 Å². The van der Waals surface area contributed by atoms with E-state index in [-0.39, 0.29) is 24.1 Å². The zero-order chi connectivity index (χ0) is 16.2. The Balaban J connectivity index is 1.90. The number of nitrogen functional groups attached to an aromatic ring is 1. The van der Waals surface area contributed by atoms with E-state index >= 15 is 0 Å². The van der Waals surface area contributed by atoms with Crippen molar-refractivity contribution in [3.8, 4) is 0 Å². The molecule has 1 aliphatic heterocycles. The number of carbonyl (C=O) groups excluding carboxylic acids is 2. The van der Waals surface area contributed by atoms with Crippen LogP contribution in [0.15, 0.2) is 0 Å². The molecule has 7 heteroatoms. The van der Waals surface area contributed by atoms with Crippen molar-refractivity contribution in [3.63, 3.8) is 0 Å². The minimum Gasteiger partial charge on any atom is -0.451 e. The highest BCUT2D eigenvalue weighted by Gasteiger charge is 2.48. The molecule has 0 radical (unpaired) electrons. The van der Waals surface area contributed by atoms with Crippen LogP contribution in [0.25, 0.3) is 0 Å². The summed E-state index contributed by atoms with van der Waals surface area (Å²) in [6, 6.07) is 0. The van der Waals surface area contributed by atoms with Crippen LogP contribution in [0.1, 0.15) is 57.4 Å². The number of esters is 1. The molecule has 1 saturated heterocycles. The number of cyclic esters (lactones) is 1. The first-order valence-electron chi connectivity index (χ1n) is 7.83. The first kappa shape index (κ1) is 16.9. The van der Waals surface area contributed by atoms with Crippen molar-refractivity contribution in [2.24, 2.45) is 5.92 Å². The Kier molecular flexibility index (Phi) is 5.50. The van der Waals surface area contributed by atoms with Gasteiger partial charge in [-0.2, -0.15) is 0 Å². The van der Waals surface area contributed by atoms with Crippen molar-refractivity contribution in [2.75, 3.05) is 5.73 Å². The third kappa shape index (κ3) is 4.03. The molecule has 0 bridgehead atoms. The van der Waals surface area contributed by atoms with E-state index in [1.165, 1.54) is 24.2 Å². The number of H-pyrrole nitrogens is 1. The van der Waals surface area contributed by atoms with Gasteiger partial charge in [-0.15, -0.1) is 5.10 Å². The molecule has 1 aliphatic rings. The second-order valence-corrected chi connectivity index (χ2v) is 7.20. The lowest BCUT2D eigenvalue weighted by Gasteiger charge is -2.20. The van der Waals surface area contributed by atoms with Gasteiger partial charge in [0.1, 0.15) is 0 Å². The quantitative estimate of drug-likeness (QED) is 0.582. The van der Waals surface area contributed by atoms with Gasteiger partial charge in [-0.25, -0.2) is 0 Å². The molecular weight excluding hydrogens is 302 g/mol. The SMILES string of the molecule is CCCCCCC1CC(C)(C(=O)Cc2n[nH+]c(N)s2)OC1=O. The maximum Gasteiger partial charge on any atom is 0.351 e. The molecule has 0 aromatic carbocycles. The van der Waals surface area contributed by atoms with Gasteiger partial charge in [-0.05, 0) is 24.7 Å². The number of aromatic amines is 1. The summed E-state index contributed by atoms with van der Waals surface area (Å²) in [5, 5.41) is 7.67. The van der Waals surface area contributed by atoms with Crippen molar-refractivity contribution in [2.45, 2.75) is 64.4 Å². The number of ether oxygens (including phenoxy) is 1. The molecule has 6 nitrogen and oxygen atoms in total. The van der Waals surface area contributed by atoms with Gasteiger partial charge in [0, 0.05) is 6.42 Å². The lowest BCUT2D eigenvalue weighted by atomic mass is 9.88. The summed E-state index contributed by atoms with van der Waals surface area (Å²) in [6.07, 6.45) is 5.90. The second-order valence-electron chi connectivity index (χ2n) is 6.09. The summed E-state index contributed by atoms with van der Waals surface area (Å²) in [4.78, 5) is 24.4. The molecule has 2 atom stereocenters. The molecule has 0 aliphatic carbocycles. The zero-order valence-electron chi connectivity index (χ0n) is 13.2. The normalized spacial score (nSPS) is 24.5. The monoisotopic (exact) mass is 326 g/mol. The molecule has 2 heterocycles. The van der Waals surface area contributed by atoms with E-state index in [2.05, 4.69) is 17.1 Å². The maximum absolute atomic E-state index is 12.4. The lowest BCUT2D eigenvalue weighted by Crippen LogP contribution is -2.36. The molecule has 0 spiro atoms. The molecule has 1 fully saturated rings. The van der Waals surface area contributed by atoms with Crippen LogP contribution in [0.5, 0.6) is 0 Å². The Hall–Kier alpha value is -1.50. The summed E-state index contributed by atoms with van der Waals surface area (Å²) in [6.45, 7) is 3.86.